The molecule has 3 rings (SSSR count). The number of benzene rings is 1. The molecule has 0 aromatic heterocycles. The van der Waals surface area contributed by atoms with Gasteiger partial charge in [0, 0.05) is 18.4 Å². The lowest BCUT2D eigenvalue weighted by Gasteiger charge is -2.49. The van der Waals surface area contributed by atoms with Crippen LogP contribution in [-0.4, -0.2) is 42.1 Å². The number of fused-ring (bicyclic) bond motifs is 1. The van der Waals surface area contributed by atoms with Crippen LogP contribution in [0.2, 0.25) is 0 Å². The zero-order valence-corrected chi connectivity index (χ0v) is 11.3. The predicted octanol–water partition coefficient (Wildman–Crippen LogP) is -0.962. The summed E-state index contributed by atoms with van der Waals surface area (Å²) in [6.07, 6.45) is 0. The molecule has 2 aliphatic heterocycles. The van der Waals surface area contributed by atoms with Gasteiger partial charge in [0.25, 0.3) is 0 Å². The average molecular weight is 263 g/mol. The molecule has 2 heterocycles. The van der Waals surface area contributed by atoms with E-state index in [1.165, 1.54) is 0 Å². The molecule has 1 aromatic carbocycles. The molecule has 0 amide bonds. The number of hydrogen-bond donors (Lipinski definition) is 4. The van der Waals surface area contributed by atoms with Crippen molar-refractivity contribution < 1.29 is 15.5 Å². The standard InChI is InChI=1S/C15H22N2O2/c1-14(19)9-17-15(10-18,11-5-3-2-4-6-11)13-8-16-7-12(13)14/h2-6,12-13,16-19H,7-10H2,1H3/p+1/t12-,13+,14-,15+/m0/s1. The molecule has 1 aromatic rings. The average Bonchev–Trinajstić information content (AvgIpc) is 2.92. The van der Waals surface area contributed by atoms with Gasteiger partial charge in [-0.1, -0.05) is 30.3 Å². The summed E-state index contributed by atoms with van der Waals surface area (Å²) in [6, 6.07) is 10.1. The third-order valence-electron chi connectivity index (χ3n) is 5.06. The van der Waals surface area contributed by atoms with Gasteiger partial charge in [0.2, 0.25) is 0 Å². The molecule has 0 bridgehead atoms. The molecule has 0 saturated carbocycles. The molecule has 0 radical (unpaired) electrons. The smallest absolute Gasteiger partial charge is 0.0831 e. The molecule has 2 fully saturated rings. The third-order valence-corrected chi connectivity index (χ3v) is 5.06. The van der Waals surface area contributed by atoms with E-state index in [4.69, 9.17) is 0 Å². The second-order valence-corrected chi connectivity index (χ2v) is 6.18. The Labute approximate surface area is 113 Å². The Kier molecular flexibility index (Phi) is 3.14. The van der Waals surface area contributed by atoms with Crippen LogP contribution in [0.5, 0.6) is 0 Å². The number of rotatable bonds is 2. The molecular weight excluding hydrogens is 240 g/mol. The third kappa shape index (κ3) is 1.91. The molecule has 5 N–H and O–H groups in total. The van der Waals surface area contributed by atoms with Crippen LogP contribution in [-0.2, 0) is 5.54 Å². The molecule has 0 unspecified atom stereocenters. The van der Waals surface area contributed by atoms with Crippen molar-refractivity contribution >= 4 is 0 Å². The summed E-state index contributed by atoms with van der Waals surface area (Å²) < 4.78 is 0. The summed E-state index contributed by atoms with van der Waals surface area (Å²) in [5.74, 6) is 0.477. The number of β-amino-alcohol motifs (C(OH)–C–C–N with tert-alkyl or cyclic N) is 1. The van der Waals surface area contributed by atoms with Crippen LogP contribution in [0.25, 0.3) is 0 Å². The lowest BCUT2D eigenvalue weighted by molar-refractivity contribution is -0.641. The lowest BCUT2D eigenvalue weighted by Crippen LogP contribution is -2.82. The maximum Gasteiger partial charge on any atom is 0.0831 e. The fraction of sp³-hybridized carbons (Fsp3) is 0.600. The van der Waals surface area contributed by atoms with E-state index in [0.29, 0.717) is 6.54 Å². The van der Waals surface area contributed by atoms with Crippen LogP contribution in [0.15, 0.2) is 30.3 Å². The van der Waals surface area contributed by atoms with Crippen molar-refractivity contribution in [2.45, 2.75) is 18.1 Å². The Balaban J connectivity index is 2.03. The first-order valence-corrected chi connectivity index (χ1v) is 7.05. The van der Waals surface area contributed by atoms with Crippen molar-refractivity contribution in [3.8, 4) is 0 Å². The van der Waals surface area contributed by atoms with E-state index >= 15 is 0 Å². The number of aliphatic hydroxyl groups is 2. The number of hydrogen-bond acceptors (Lipinski definition) is 3. The van der Waals surface area contributed by atoms with Gasteiger partial charge in [0.1, 0.15) is 0 Å². The van der Waals surface area contributed by atoms with Crippen molar-refractivity contribution in [3.05, 3.63) is 35.9 Å². The first-order chi connectivity index (χ1) is 9.10. The fourth-order valence-electron chi connectivity index (χ4n) is 3.93. The van der Waals surface area contributed by atoms with Crippen molar-refractivity contribution in [3.63, 3.8) is 0 Å². The minimum atomic E-state index is -0.689. The molecule has 2 aliphatic rings. The monoisotopic (exact) mass is 263 g/mol. The van der Waals surface area contributed by atoms with Crippen molar-refractivity contribution in [1.29, 1.82) is 0 Å². The quantitative estimate of drug-likeness (QED) is 0.555. The van der Waals surface area contributed by atoms with Crippen LogP contribution in [0.4, 0.5) is 0 Å². The summed E-state index contributed by atoms with van der Waals surface area (Å²) in [5.41, 5.74) is 0.0185. The Morgan fingerprint density at radius 1 is 1.26 bits per heavy atom. The normalized spacial score (nSPS) is 42.1. The first-order valence-electron chi connectivity index (χ1n) is 7.05. The first kappa shape index (κ1) is 13.1. The highest BCUT2D eigenvalue weighted by Crippen LogP contribution is 2.42. The zero-order valence-electron chi connectivity index (χ0n) is 11.3. The van der Waals surface area contributed by atoms with Gasteiger partial charge in [-0.25, -0.2) is 0 Å². The molecule has 0 aliphatic carbocycles. The molecule has 19 heavy (non-hydrogen) atoms. The van der Waals surface area contributed by atoms with E-state index in [0.717, 1.165) is 18.7 Å². The molecule has 4 nitrogen and oxygen atoms in total. The van der Waals surface area contributed by atoms with Crippen LogP contribution in [0.3, 0.4) is 0 Å². The highest BCUT2D eigenvalue weighted by atomic mass is 16.3. The maximum absolute atomic E-state index is 10.6. The fourth-order valence-corrected chi connectivity index (χ4v) is 3.93. The molecule has 104 valence electrons. The van der Waals surface area contributed by atoms with E-state index in [-0.39, 0.29) is 18.4 Å². The Morgan fingerprint density at radius 3 is 2.63 bits per heavy atom. The zero-order chi connectivity index (χ0) is 13.5. The number of piperidine rings is 1. The largest absolute Gasteiger partial charge is 0.394 e. The van der Waals surface area contributed by atoms with Crippen LogP contribution >= 0.6 is 0 Å². The number of nitrogens with one attached hydrogen (secondary N) is 1. The van der Waals surface area contributed by atoms with Crippen molar-refractivity contribution in [2.75, 3.05) is 26.2 Å². The van der Waals surface area contributed by atoms with E-state index in [1.54, 1.807) is 0 Å². The molecule has 4 atom stereocenters. The lowest BCUT2D eigenvalue weighted by atomic mass is 9.65. The van der Waals surface area contributed by atoms with E-state index in [1.807, 2.05) is 25.1 Å². The van der Waals surface area contributed by atoms with Gasteiger partial charge in [0.05, 0.1) is 30.8 Å². The number of quaternary nitrogens is 1. The van der Waals surface area contributed by atoms with Crippen molar-refractivity contribution in [2.24, 2.45) is 11.8 Å². The Hall–Kier alpha value is -0.940. The molecule has 4 heteroatoms. The van der Waals surface area contributed by atoms with Crippen molar-refractivity contribution in [1.82, 2.24) is 5.32 Å². The minimum absolute atomic E-state index is 0.0715. The van der Waals surface area contributed by atoms with Gasteiger partial charge < -0.3 is 20.8 Å². The van der Waals surface area contributed by atoms with Crippen LogP contribution in [0.1, 0.15) is 12.5 Å². The van der Waals surface area contributed by atoms with Gasteiger partial charge in [-0.2, -0.15) is 0 Å². The summed E-state index contributed by atoms with van der Waals surface area (Å²) >= 11 is 0. The van der Waals surface area contributed by atoms with Gasteiger partial charge >= 0.3 is 0 Å². The summed E-state index contributed by atoms with van der Waals surface area (Å²) in [6.45, 7) is 4.39. The maximum atomic E-state index is 10.6. The van der Waals surface area contributed by atoms with Gasteiger partial charge in [-0.3, -0.25) is 0 Å². The highest BCUT2D eigenvalue weighted by molar-refractivity contribution is 5.28. The molecule has 2 saturated heterocycles. The SMILES string of the molecule is C[C@]1(O)CN[C@](CO)(c2ccccc2)[C@@H]2C[NH2+]C[C@@H]21. The van der Waals surface area contributed by atoms with Crippen LogP contribution < -0.4 is 10.6 Å². The van der Waals surface area contributed by atoms with E-state index in [2.05, 4.69) is 22.8 Å². The number of nitrogens with two attached hydrogens (primary N) is 1. The summed E-state index contributed by atoms with van der Waals surface area (Å²) in [7, 11) is 0. The predicted molar refractivity (Wildman–Crippen MR) is 72.5 cm³/mol. The summed E-state index contributed by atoms with van der Waals surface area (Å²) in [4.78, 5) is 0. The van der Waals surface area contributed by atoms with Gasteiger partial charge in [-0.15, -0.1) is 0 Å². The Morgan fingerprint density at radius 2 is 1.95 bits per heavy atom. The van der Waals surface area contributed by atoms with Gasteiger partial charge in [-0.05, 0) is 12.5 Å². The van der Waals surface area contributed by atoms with Crippen LogP contribution in [0, 0.1) is 11.8 Å². The Bertz CT molecular complexity index is 449. The summed E-state index contributed by atoms with van der Waals surface area (Å²) in [5, 5.41) is 26.3. The second kappa shape index (κ2) is 4.56. The topological polar surface area (TPSA) is 69.1 Å². The minimum Gasteiger partial charge on any atom is -0.394 e. The molecule has 0 spiro atoms. The van der Waals surface area contributed by atoms with E-state index < -0.39 is 11.1 Å². The number of aliphatic hydroxyl groups excluding tert-OH is 1. The molecular formula is C15H23N2O2+. The van der Waals surface area contributed by atoms with E-state index in [9.17, 15) is 10.2 Å². The second-order valence-electron chi connectivity index (χ2n) is 6.18. The van der Waals surface area contributed by atoms with Gasteiger partial charge in [0.15, 0.2) is 0 Å². The highest BCUT2D eigenvalue weighted by Gasteiger charge is 2.57.